The molecule has 0 radical (unpaired) electrons. The van der Waals surface area contributed by atoms with Gasteiger partial charge < -0.3 is 4.98 Å². The highest BCUT2D eigenvalue weighted by atomic mass is 16.2. The van der Waals surface area contributed by atoms with Crippen molar-refractivity contribution in [1.29, 1.82) is 0 Å². The number of rotatable bonds is 1. The lowest BCUT2D eigenvalue weighted by molar-refractivity contribution is 0.907. The molecule has 0 bridgehead atoms. The summed E-state index contributed by atoms with van der Waals surface area (Å²) in [5.74, 6) is 0. The molecule has 0 fully saturated rings. The van der Waals surface area contributed by atoms with E-state index in [9.17, 15) is 9.59 Å². The monoisotopic (exact) mass is 298 g/mol. The van der Waals surface area contributed by atoms with E-state index in [4.69, 9.17) is 0 Å². The van der Waals surface area contributed by atoms with E-state index in [2.05, 4.69) is 21.9 Å². The minimum Gasteiger partial charge on any atom is -0.339 e. The Labute approximate surface area is 126 Å². The minimum atomic E-state index is -0.474. The van der Waals surface area contributed by atoms with E-state index in [-0.39, 0.29) is 0 Å². The number of H-pyrrole nitrogens is 2. The first-order valence-electron chi connectivity index (χ1n) is 7.10. The maximum atomic E-state index is 12.4. The highest BCUT2D eigenvalue weighted by Crippen LogP contribution is 2.29. The van der Waals surface area contributed by atoms with Gasteiger partial charge in [-0.05, 0) is 62.4 Å². The van der Waals surface area contributed by atoms with Crippen molar-refractivity contribution in [2.24, 2.45) is 0 Å². The standard InChI is InChI=1S/C16H18N4O2/c1-7-8(2)10(4)13(11(5)9(7)3)20-14-12(17-6-18-14)15(21)19-16(20)22/h6H,1-5H3,(H,17,18)(H,19,21,22). The number of hydrogen-bond donors (Lipinski definition) is 2. The van der Waals surface area contributed by atoms with Crippen LogP contribution in [0.3, 0.4) is 0 Å². The first kappa shape index (κ1) is 14.3. The number of imidazole rings is 1. The van der Waals surface area contributed by atoms with E-state index in [1.165, 1.54) is 16.5 Å². The van der Waals surface area contributed by atoms with E-state index in [1.54, 1.807) is 0 Å². The Morgan fingerprint density at radius 3 is 2.05 bits per heavy atom. The lowest BCUT2D eigenvalue weighted by Crippen LogP contribution is -2.30. The highest BCUT2D eigenvalue weighted by molar-refractivity contribution is 5.73. The largest absolute Gasteiger partial charge is 0.339 e. The molecular weight excluding hydrogens is 280 g/mol. The van der Waals surface area contributed by atoms with Gasteiger partial charge in [-0.25, -0.2) is 14.3 Å². The summed E-state index contributed by atoms with van der Waals surface area (Å²) in [7, 11) is 0. The molecule has 0 aliphatic carbocycles. The van der Waals surface area contributed by atoms with Crippen LogP contribution in [0.5, 0.6) is 0 Å². The van der Waals surface area contributed by atoms with Gasteiger partial charge in [-0.15, -0.1) is 0 Å². The second-order valence-electron chi connectivity index (χ2n) is 5.67. The van der Waals surface area contributed by atoms with Gasteiger partial charge in [-0.2, -0.15) is 0 Å². The Hall–Kier alpha value is -2.63. The van der Waals surface area contributed by atoms with Gasteiger partial charge in [0.15, 0.2) is 5.65 Å². The number of aromatic nitrogens is 4. The number of nitrogens with one attached hydrogen (secondary N) is 2. The van der Waals surface area contributed by atoms with Crippen LogP contribution >= 0.6 is 0 Å². The zero-order chi connectivity index (χ0) is 16.2. The second kappa shape index (κ2) is 4.69. The molecule has 2 N–H and O–H groups in total. The third kappa shape index (κ3) is 1.76. The van der Waals surface area contributed by atoms with Crippen molar-refractivity contribution in [2.45, 2.75) is 34.6 Å². The van der Waals surface area contributed by atoms with E-state index in [0.29, 0.717) is 11.2 Å². The maximum Gasteiger partial charge on any atom is 0.334 e. The van der Waals surface area contributed by atoms with Crippen LogP contribution < -0.4 is 11.2 Å². The minimum absolute atomic E-state index is 0.300. The van der Waals surface area contributed by atoms with Crippen LogP contribution in [0.4, 0.5) is 0 Å². The molecule has 0 aliphatic heterocycles. The molecule has 0 saturated heterocycles. The summed E-state index contributed by atoms with van der Waals surface area (Å²) in [4.78, 5) is 33.6. The van der Waals surface area contributed by atoms with Gasteiger partial charge in [-0.1, -0.05) is 0 Å². The van der Waals surface area contributed by atoms with Crippen LogP contribution in [0.1, 0.15) is 27.8 Å². The Morgan fingerprint density at radius 1 is 0.909 bits per heavy atom. The third-order valence-electron chi connectivity index (χ3n) is 4.67. The Kier molecular flexibility index (Phi) is 3.05. The van der Waals surface area contributed by atoms with E-state index in [0.717, 1.165) is 27.9 Å². The zero-order valence-electron chi connectivity index (χ0n) is 13.3. The molecule has 0 atom stereocenters. The van der Waals surface area contributed by atoms with E-state index < -0.39 is 11.2 Å². The van der Waals surface area contributed by atoms with Crippen molar-refractivity contribution < 1.29 is 0 Å². The molecule has 0 aliphatic rings. The van der Waals surface area contributed by atoms with Gasteiger partial charge in [0.1, 0.15) is 5.52 Å². The van der Waals surface area contributed by atoms with Gasteiger partial charge in [-0.3, -0.25) is 9.78 Å². The predicted molar refractivity (Wildman–Crippen MR) is 86.0 cm³/mol. The molecule has 0 unspecified atom stereocenters. The van der Waals surface area contributed by atoms with Crippen molar-refractivity contribution in [1.82, 2.24) is 19.5 Å². The van der Waals surface area contributed by atoms with Crippen LogP contribution in [-0.2, 0) is 0 Å². The molecule has 0 amide bonds. The molecular formula is C16H18N4O2. The zero-order valence-corrected chi connectivity index (χ0v) is 13.3. The molecule has 0 spiro atoms. The van der Waals surface area contributed by atoms with Crippen molar-refractivity contribution in [3.05, 3.63) is 55.0 Å². The van der Waals surface area contributed by atoms with Gasteiger partial charge in [0, 0.05) is 0 Å². The van der Waals surface area contributed by atoms with Crippen molar-refractivity contribution in [3.63, 3.8) is 0 Å². The van der Waals surface area contributed by atoms with Crippen molar-refractivity contribution in [2.75, 3.05) is 0 Å². The average molecular weight is 298 g/mol. The number of nitrogens with zero attached hydrogens (tertiary/aromatic N) is 2. The highest BCUT2D eigenvalue weighted by Gasteiger charge is 2.18. The van der Waals surface area contributed by atoms with Gasteiger partial charge in [0.05, 0.1) is 12.0 Å². The quantitative estimate of drug-likeness (QED) is 0.720. The van der Waals surface area contributed by atoms with Crippen LogP contribution in [0.15, 0.2) is 15.9 Å². The molecule has 0 saturated carbocycles. The molecule has 1 aromatic carbocycles. The summed E-state index contributed by atoms with van der Waals surface area (Å²) in [6.45, 7) is 10.1. The third-order valence-corrected chi connectivity index (χ3v) is 4.67. The van der Waals surface area contributed by atoms with Gasteiger partial charge in [0.25, 0.3) is 5.56 Å². The normalized spacial score (nSPS) is 11.3. The van der Waals surface area contributed by atoms with Crippen LogP contribution in [0, 0.1) is 34.6 Å². The van der Waals surface area contributed by atoms with Crippen molar-refractivity contribution >= 4 is 11.2 Å². The molecule has 3 rings (SSSR count). The fraction of sp³-hybridized carbons (Fsp3) is 0.312. The SMILES string of the molecule is Cc1c(C)c(C)c(-n2c(=O)[nH]c(=O)c3[nH]cnc32)c(C)c1C. The second-order valence-corrected chi connectivity index (χ2v) is 5.67. The Morgan fingerprint density at radius 2 is 1.45 bits per heavy atom. The van der Waals surface area contributed by atoms with Gasteiger partial charge >= 0.3 is 5.69 Å². The number of benzene rings is 1. The summed E-state index contributed by atoms with van der Waals surface area (Å²) >= 11 is 0. The summed E-state index contributed by atoms with van der Waals surface area (Å²) in [6, 6.07) is 0. The summed E-state index contributed by atoms with van der Waals surface area (Å²) in [5, 5.41) is 0. The molecule has 2 aromatic heterocycles. The van der Waals surface area contributed by atoms with E-state index in [1.807, 2.05) is 27.7 Å². The van der Waals surface area contributed by atoms with E-state index >= 15 is 0 Å². The van der Waals surface area contributed by atoms with Crippen molar-refractivity contribution in [3.8, 4) is 5.69 Å². The summed E-state index contributed by atoms with van der Waals surface area (Å²) in [6.07, 6.45) is 1.43. The fourth-order valence-electron chi connectivity index (χ4n) is 2.96. The fourth-order valence-corrected chi connectivity index (χ4v) is 2.96. The Bertz CT molecular complexity index is 992. The first-order chi connectivity index (χ1) is 10.3. The maximum absolute atomic E-state index is 12.4. The summed E-state index contributed by atoms with van der Waals surface area (Å²) in [5.41, 5.74) is 6.03. The lowest BCUT2D eigenvalue weighted by atomic mass is 9.93. The lowest BCUT2D eigenvalue weighted by Gasteiger charge is -2.19. The number of fused-ring (bicyclic) bond motifs is 1. The number of hydrogen-bond acceptors (Lipinski definition) is 3. The molecule has 3 aromatic rings. The topological polar surface area (TPSA) is 83.5 Å². The average Bonchev–Trinajstić information content (AvgIpc) is 2.96. The first-order valence-corrected chi connectivity index (χ1v) is 7.10. The predicted octanol–water partition coefficient (Wildman–Crippen LogP) is 1.94. The molecule has 22 heavy (non-hydrogen) atoms. The molecule has 6 nitrogen and oxygen atoms in total. The Balaban J connectivity index is 2.57. The number of aromatic amines is 2. The van der Waals surface area contributed by atoms with Crippen LogP contribution in [0.2, 0.25) is 0 Å². The van der Waals surface area contributed by atoms with Gasteiger partial charge in [0.2, 0.25) is 0 Å². The van der Waals surface area contributed by atoms with Crippen LogP contribution in [-0.4, -0.2) is 19.5 Å². The summed E-state index contributed by atoms with van der Waals surface area (Å²) < 4.78 is 1.48. The smallest absolute Gasteiger partial charge is 0.334 e. The molecule has 114 valence electrons. The molecule has 6 heteroatoms. The molecule has 2 heterocycles. The van der Waals surface area contributed by atoms with Crippen LogP contribution in [0.25, 0.3) is 16.9 Å².